The summed E-state index contributed by atoms with van der Waals surface area (Å²) in [5, 5.41) is 0. The molecule has 2 N–H and O–H groups in total. The van der Waals surface area contributed by atoms with Crippen molar-refractivity contribution in [1.82, 2.24) is 0 Å². The lowest BCUT2D eigenvalue weighted by Gasteiger charge is -2.31. The molecule has 1 heterocycles. The number of anilines is 1. The van der Waals surface area contributed by atoms with Crippen LogP contribution in [0.3, 0.4) is 0 Å². The van der Waals surface area contributed by atoms with Gasteiger partial charge in [0, 0.05) is 13.1 Å². The second kappa shape index (κ2) is 8.18. The summed E-state index contributed by atoms with van der Waals surface area (Å²) < 4.78 is 5.53. The largest absolute Gasteiger partial charge is 0.482 e. The van der Waals surface area contributed by atoms with Gasteiger partial charge in [0.25, 0.3) is 5.91 Å². The van der Waals surface area contributed by atoms with Crippen LogP contribution in [0.4, 0.5) is 5.69 Å². The van der Waals surface area contributed by atoms with Gasteiger partial charge in [0.1, 0.15) is 5.75 Å². The van der Waals surface area contributed by atoms with Gasteiger partial charge in [-0.2, -0.15) is 0 Å². The van der Waals surface area contributed by atoms with E-state index in [-0.39, 0.29) is 12.5 Å². The van der Waals surface area contributed by atoms with Gasteiger partial charge in [-0.25, -0.2) is 0 Å². The van der Waals surface area contributed by atoms with Crippen LogP contribution in [0.15, 0.2) is 18.2 Å². The number of amides is 1. The Morgan fingerprint density at radius 3 is 2.82 bits per heavy atom. The first kappa shape index (κ1) is 16.8. The van der Waals surface area contributed by atoms with Gasteiger partial charge in [0.15, 0.2) is 6.61 Å². The van der Waals surface area contributed by atoms with E-state index in [9.17, 15) is 4.79 Å². The van der Waals surface area contributed by atoms with Gasteiger partial charge in [-0.1, -0.05) is 45.6 Å². The van der Waals surface area contributed by atoms with Crippen LogP contribution in [0.1, 0.15) is 51.5 Å². The zero-order valence-corrected chi connectivity index (χ0v) is 13.8. The maximum Gasteiger partial charge on any atom is 0.265 e. The highest BCUT2D eigenvalue weighted by molar-refractivity contribution is 5.97. The highest BCUT2D eigenvalue weighted by Crippen LogP contribution is 2.33. The molecule has 0 bridgehead atoms. The van der Waals surface area contributed by atoms with Crippen molar-refractivity contribution < 1.29 is 9.53 Å². The van der Waals surface area contributed by atoms with Gasteiger partial charge in [-0.15, -0.1) is 0 Å². The number of nitrogens with zero attached hydrogens (tertiary/aromatic N) is 1. The predicted octanol–water partition coefficient (Wildman–Crippen LogP) is 3.48. The molecule has 4 heteroatoms. The van der Waals surface area contributed by atoms with Crippen LogP contribution in [0, 0.1) is 5.92 Å². The van der Waals surface area contributed by atoms with E-state index in [1.807, 2.05) is 23.1 Å². The summed E-state index contributed by atoms with van der Waals surface area (Å²) in [7, 11) is 0. The van der Waals surface area contributed by atoms with E-state index in [1.165, 1.54) is 25.7 Å². The molecule has 0 radical (unpaired) electrons. The van der Waals surface area contributed by atoms with Gasteiger partial charge >= 0.3 is 0 Å². The van der Waals surface area contributed by atoms with E-state index in [2.05, 4.69) is 13.8 Å². The monoisotopic (exact) mass is 304 g/mol. The van der Waals surface area contributed by atoms with E-state index in [4.69, 9.17) is 10.5 Å². The zero-order valence-electron chi connectivity index (χ0n) is 13.8. The molecule has 1 aromatic rings. The molecular formula is C18H28N2O2. The van der Waals surface area contributed by atoms with Crippen molar-refractivity contribution in [3.05, 3.63) is 23.8 Å². The van der Waals surface area contributed by atoms with Crippen molar-refractivity contribution in [3.63, 3.8) is 0 Å². The lowest BCUT2D eigenvalue weighted by atomic mass is 9.95. The molecule has 1 aliphatic heterocycles. The van der Waals surface area contributed by atoms with Crippen molar-refractivity contribution in [3.8, 4) is 5.75 Å². The predicted molar refractivity (Wildman–Crippen MR) is 90.1 cm³/mol. The summed E-state index contributed by atoms with van der Waals surface area (Å²) in [5.41, 5.74) is 7.62. The fourth-order valence-electron chi connectivity index (χ4n) is 2.98. The minimum absolute atomic E-state index is 0.0482. The van der Waals surface area contributed by atoms with Crippen molar-refractivity contribution in [1.29, 1.82) is 0 Å². The molecular weight excluding hydrogens is 276 g/mol. The first-order valence-electron chi connectivity index (χ1n) is 8.45. The first-order chi connectivity index (χ1) is 10.7. The van der Waals surface area contributed by atoms with Crippen LogP contribution in [0.2, 0.25) is 0 Å². The molecule has 0 saturated carbocycles. The lowest BCUT2D eigenvalue weighted by molar-refractivity contribution is -0.121. The van der Waals surface area contributed by atoms with Gasteiger partial charge in [-0.3, -0.25) is 4.79 Å². The Balaban J connectivity index is 2.08. The molecule has 0 saturated heterocycles. The van der Waals surface area contributed by atoms with Crippen LogP contribution >= 0.6 is 0 Å². The quantitative estimate of drug-likeness (QED) is 0.800. The van der Waals surface area contributed by atoms with Crippen molar-refractivity contribution >= 4 is 11.6 Å². The second-order valence-corrected chi connectivity index (χ2v) is 6.05. The molecule has 0 fully saturated rings. The van der Waals surface area contributed by atoms with Crippen LogP contribution < -0.4 is 15.4 Å². The Kier molecular flexibility index (Phi) is 6.25. The average molecular weight is 304 g/mol. The van der Waals surface area contributed by atoms with Crippen molar-refractivity contribution in [2.45, 2.75) is 52.5 Å². The number of ether oxygens (including phenoxy) is 1. The number of unbranched alkanes of at least 4 members (excludes halogenated alkanes) is 1. The molecule has 0 aromatic heterocycles. The Labute approximate surface area is 133 Å². The van der Waals surface area contributed by atoms with E-state index >= 15 is 0 Å². The Morgan fingerprint density at radius 2 is 2.14 bits per heavy atom. The first-order valence-corrected chi connectivity index (χ1v) is 8.45. The molecule has 1 amide bonds. The molecule has 1 atom stereocenters. The number of carbonyl (C=O) groups is 1. The fourth-order valence-corrected chi connectivity index (χ4v) is 2.98. The average Bonchev–Trinajstić information content (AvgIpc) is 2.56. The Morgan fingerprint density at radius 1 is 1.32 bits per heavy atom. The van der Waals surface area contributed by atoms with E-state index in [1.54, 1.807) is 0 Å². The Bertz CT molecular complexity index is 502. The summed E-state index contributed by atoms with van der Waals surface area (Å²) >= 11 is 0. The zero-order chi connectivity index (χ0) is 15.9. The topological polar surface area (TPSA) is 55.6 Å². The number of fused-ring (bicyclic) bond motifs is 1. The molecule has 22 heavy (non-hydrogen) atoms. The van der Waals surface area contributed by atoms with Gasteiger partial charge in [0.05, 0.1) is 5.69 Å². The van der Waals surface area contributed by atoms with Gasteiger partial charge in [-0.05, 0) is 30.0 Å². The van der Waals surface area contributed by atoms with E-state index < -0.39 is 0 Å². The lowest BCUT2D eigenvalue weighted by Crippen LogP contribution is -2.40. The molecule has 1 aromatic carbocycles. The van der Waals surface area contributed by atoms with Crippen LogP contribution in [-0.2, 0) is 11.3 Å². The fraction of sp³-hybridized carbons (Fsp3) is 0.611. The molecule has 1 unspecified atom stereocenters. The molecule has 122 valence electrons. The number of carbonyl (C=O) groups excluding carboxylic acids is 1. The third-order valence-corrected chi connectivity index (χ3v) is 4.51. The highest BCUT2D eigenvalue weighted by Gasteiger charge is 2.26. The normalized spacial score (nSPS) is 15.4. The highest BCUT2D eigenvalue weighted by atomic mass is 16.5. The minimum atomic E-state index is 0.0482. The number of hydrogen-bond acceptors (Lipinski definition) is 3. The third kappa shape index (κ3) is 4.01. The summed E-state index contributed by atoms with van der Waals surface area (Å²) in [6.07, 6.45) is 5.98. The molecule has 0 aliphatic carbocycles. The van der Waals surface area contributed by atoms with Gasteiger partial charge < -0.3 is 15.4 Å². The minimum Gasteiger partial charge on any atom is -0.482 e. The summed E-state index contributed by atoms with van der Waals surface area (Å²) in [6, 6.07) is 5.87. The molecule has 0 spiro atoms. The molecule has 1 aliphatic rings. The smallest absolute Gasteiger partial charge is 0.265 e. The van der Waals surface area contributed by atoms with E-state index in [0.29, 0.717) is 12.5 Å². The number of benzene rings is 1. The maximum absolute atomic E-state index is 12.2. The third-order valence-electron chi connectivity index (χ3n) is 4.51. The summed E-state index contributed by atoms with van der Waals surface area (Å²) in [5.74, 6) is 1.53. The number of nitrogens with two attached hydrogens (primary N) is 1. The SMILES string of the molecule is CCCCC(CC)CCN1C(=O)COc2ccc(CN)cc21. The number of hydrogen-bond donors (Lipinski definition) is 1. The van der Waals surface area contributed by atoms with Crippen LogP contribution in [0.25, 0.3) is 0 Å². The van der Waals surface area contributed by atoms with Crippen LogP contribution in [0.5, 0.6) is 5.75 Å². The Hall–Kier alpha value is -1.55. The van der Waals surface area contributed by atoms with Crippen LogP contribution in [-0.4, -0.2) is 19.1 Å². The molecule has 4 nitrogen and oxygen atoms in total. The van der Waals surface area contributed by atoms with Crippen molar-refractivity contribution in [2.75, 3.05) is 18.1 Å². The maximum atomic E-state index is 12.2. The van der Waals surface area contributed by atoms with Gasteiger partial charge in [0.2, 0.25) is 0 Å². The van der Waals surface area contributed by atoms with Crippen molar-refractivity contribution in [2.24, 2.45) is 11.7 Å². The second-order valence-electron chi connectivity index (χ2n) is 6.05. The summed E-state index contributed by atoms with van der Waals surface area (Å²) in [6.45, 7) is 5.85. The van der Waals surface area contributed by atoms with E-state index in [0.717, 1.165) is 30.0 Å². The molecule has 2 rings (SSSR count). The standard InChI is InChI=1S/C18H28N2O2/c1-3-5-6-14(4-2)9-10-20-16-11-15(12-19)7-8-17(16)22-13-18(20)21/h7-8,11,14H,3-6,9-10,12-13,19H2,1-2H3. The number of rotatable bonds is 8. The summed E-state index contributed by atoms with van der Waals surface area (Å²) in [4.78, 5) is 14.1.